The molecule has 2 aromatic rings. The third-order valence-corrected chi connectivity index (χ3v) is 3.23. The fourth-order valence-electron chi connectivity index (χ4n) is 1.93. The Morgan fingerprint density at radius 3 is 2.36 bits per heavy atom. The predicted molar refractivity (Wildman–Crippen MR) is 86.3 cm³/mol. The molecule has 0 atom stereocenters. The van der Waals surface area contributed by atoms with Gasteiger partial charge in [-0.05, 0) is 36.4 Å². The molecule has 0 bridgehead atoms. The second-order valence-corrected chi connectivity index (χ2v) is 4.95. The summed E-state index contributed by atoms with van der Waals surface area (Å²) in [5, 5.41) is 4.95. The highest BCUT2D eigenvalue weighted by molar-refractivity contribution is 5.80. The maximum absolute atomic E-state index is 13.4. The van der Waals surface area contributed by atoms with Gasteiger partial charge in [-0.15, -0.1) is 0 Å². The molecule has 0 aliphatic carbocycles. The molecule has 0 spiro atoms. The highest BCUT2D eigenvalue weighted by Gasteiger charge is 2.13. The second-order valence-electron chi connectivity index (χ2n) is 4.95. The van der Waals surface area contributed by atoms with Crippen LogP contribution in [0.2, 0.25) is 0 Å². The van der Waals surface area contributed by atoms with Crippen molar-refractivity contribution in [3.05, 3.63) is 53.8 Å². The van der Waals surface area contributed by atoms with Crippen molar-refractivity contribution in [2.45, 2.75) is 0 Å². The number of methoxy groups -OCH3 is 1. The zero-order valence-corrected chi connectivity index (χ0v) is 13.4. The first-order valence-electron chi connectivity index (χ1n) is 7.42. The molecular weight excluding hydrogens is 337 g/mol. The first kappa shape index (κ1) is 18.4. The number of hydrogen-bond acceptors (Lipinski definition) is 4. The van der Waals surface area contributed by atoms with E-state index in [2.05, 4.69) is 10.6 Å². The van der Waals surface area contributed by atoms with E-state index in [0.29, 0.717) is 11.5 Å². The summed E-state index contributed by atoms with van der Waals surface area (Å²) >= 11 is 0. The molecule has 0 aliphatic rings. The maximum atomic E-state index is 13.4. The van der Waals surface area contributed by atoms with Crippen molar-refractivity contribution in [2.75, 3.05) is 32.1 Å². The summed E-state index contributed by atoms with van der Waals surface area (Å²) in [5.41, 5.74) is -0.288. The number of halogens is 3. The summed E-state index contributed by atoms with van der Waals surface area (Å²) in [7, 11) is 1.56. The number of nitrogens with one attached hydrogen (secondary N) is 2. The summed E-state index contributed by atoms with van der Waals surface area (Å²) < 4.78 is 49.7. The lowest BCUT2D eigenvalue weighted by molar-refractivity contribution is -0.119. The minimum Gasteiger partial charge on any atom is -0.497 e. The molecule has 0 aliphatic heterocycles. The number of carbonyl (C=O) groups is 1. The molecule has 0 fully saturated rings. The molecule has 2 N–H and O–H groups in total. The lowest BCUT2D eigenvalue weighted by Crippen LogP contribution is -2.33. The fourth-order valence-corrected chi connectivity index (χ4v) is 1.93. The zero-order chi connectivity index (χ0) is 18.2. The molecule has 8 heteroatoms. The van der Waals surface area contributed by atoms with E-state index in [0.717, 1.165) is 12.1 Å². The van der Waals surface area contributed by atoms with Crippen molar-refractivity contribution in [2.24, 2.45) is 0 Å². The molecule has 5 nitrogen and oxygen atoms in total. The molecule has 134 valence electrons. The summed E-state index contributed by atoms with van der Waals surface area (Å²) in [6.07, 6.45) is 0. The van der Waals surface area contributed by atoms with Crippen LogP contribution in [-0.4, -0.2) is 32.7 Å². The molecule has 0 radical (unpaired) electrons. The second kappa shape index (κ2) is 8.81. The number of ether oxygens (including phenoxy) is 2. The molecule has 0 aromatic heterocycles. The summed E-state index contributed by atoms with van der Waals surface area (Å²) in [4.78, 5) is 11.6. The summed E-state index contributed by atoms with van der Waals surface area (Å²) in [6.45, 7) is 0.176. The van der Waals surface area contributed by atoms with Gasteiger partial charge < -0.3 is 20.1 Å². The van der Waals surface area contributed by atoms with Crippen LogP contribution in [0.3, 0.4) is 0 Å². The van der Waals surface area contributed by atoms with E-state index in [9.17, 15) is 18.0 Å². The van der Waals surface area contributed by atoms with Crippen molar-refractivity contribution in [3.8, 4) is 11.5 Å². The van der Waals surface area contributed by atoms with Gasteiger partial charge in [-0.3, -0.25) is 4.79 Å². The molecule has 0 saturated heterocycles. The Balaban J connectivity index is 1.69. The minimum absolute atomic E-state index is 0.229. The SMILES string of the molecule is COc1ccc(OCCNC(=O)CNc2ccc(F)c(F)c2F)cc1. The van der Waals surface area contributed by atoms with Crippen LogP contribution in [0.25, 0.3) is 0 Å². The van der Waals surface area contributed by atoms with Gasteiger partial charge in [0.15, 0.2) is 17.5 Å². The van der Waals surface area contributed by atoms with Gasteiger partial charge >= 0.3 is 0 Å². The Hall–Kier alpha value is -2.90. The van der Waals surface area contributed by atoms with E-state index < -0.39 is 23.4 Å². The normalized spacial score (nSPS) is 10.2. The Labute approximate surface area is 142 Å². The number of amides is 1. The largest absolute Gasteiger partial charge is 0.497 e. The Bertz CT molecular complexity index is 724. The summed E-state index contributed by atoms with van der Waals surface area (Å²) in [5.74, 6) is -3.35. The third-order valence-electron chi connectivity index (χ3n) is 3.23. The maximum Gasteiger partial charge on any atom is 0.239 e. The van der Waals surface area contributed by atoms with E-state index in [-0.39, 0.29) is 25.4 Å². The van der Waals surface area contributed by atoms with Crippen LogP contribution in [0.15, 0.2) is 36.4 Å². The predicted octanol–water partition coefficient (Wildman–Crippen LogP) is 2.72. The molecule has 0 heterocycles. The minimum atomic E-state index is -1.58. The van der Waals surface area contributed by atoms with E-state index >= 15 is 0 Å². The van der Waals surface area contributed by atoms with Crippen LogP contribution >= 0.6 is 0 Å². The van der Waals surface area contributed by atoms with Crippen molar-refractivity contribution in [1.29, 1.82) is 0 Å². The number of carbonyl (C=O) groups excluding carboxylic acids is 1. The lowest BCUT2D eigenvalue weighted by Gasteiger charge is -2.10. The van der Waals surface area contributed by atoms with Crippen LogP contribution in [0.5, 0.6) is 11.5 Å². The summed E-state index contributed by atoms with van der Waals surface area (Å²) in [6, 6.07) is 8.75. The van der Waals surface area contributed by atoms with E-state index in [1.165, 1.54) is 0 Å². The average Bonchev–Trinajstić information content (AvgIpc) is 2.63. The number of hydrogen-bond donors (Lipinski definition) is 2. The first-order chi connectivity index (χ1) is 12.0. The van der Waals surface area contributed by atoms with Crippen LogP contribution < -0.4 is 20.1 Å². The first-order valence-corrected chi connectivity index (χ1v) is 7.42. The Morgan fingerprint density at radius 2 is 1.68 bits per heavy atom. The third kappa shape index (κ3) is 5.30. The quantitative estimate of drug-likeness (QED) is 0.565. The van der Waals surface area contributed by atoms with Crippen molar-refractivity contribution >= 4 is 11.6 Å². The monoisotopic (exact) mass is 354 g/mol. The molecule has 2 rings (SSSR count). The molecular formula is C17H17F3N2O3. The van der Waals surface area contributed by atoms with Crippen LogP contribution in [0.1, 0.15) is 0 Å². The van der Waals surface area contributed by atoms with Gasteiger partial charge in [0.25, 0.3) is 0 Å². The van der Waals surface area contributed by atoms with Gasteiger partial charge in [0.1, 0.15) is 18.1 Å². The molecule has 1 amide bonds. The van der Waals surface area contributed by atoms with Gasteiger partial charge in [-0.1, -0.05) is 0 Å². The van der Waals surface area contributed by atoms with Crippen molar-refractivity contribution in [1.82, 2.24) is 5.32 Å². The Morgan fingerprint density at radius 1 is 1.00 bits per heavy atom. The van der Waals surface area contributed by atoms with Crippen molar-refractivity contribution in [3.63, 3.8) is 0 Å². The highest BCUT2D eigenvalue weighted by Crippen LogP contribution is 2.19. The smallest absolute Gasteiger partial charge is 0.239 e. The number of anilines is 1. The standard InChI is InChI=1S/C17H17F3N2O3/c1-24-11-2-4-12(5-3-11)25-9-8-21-15(23)10-22-14-7-6-13(18)16(19)17(14)20/h2-7,22H,8-10H2,1H3,(H,21,23). The lowest BCUT2D eigenvalue weighted by atomic mass is 10.3. The van der Waals surface area contributed by atoms with Gasteiger partial charge in [-0.2, -0.15) is 0 Å². The number of rotatable bonds is 8. The molecule has 2 aromatic carbocycles. The fraction of sp³-hybridized carbons (Fsp3) is 0.235. The molecule has 0 unspecified atom stereocenters. The van der Waals surface area contributed by atoms with Crippen molar-refractivity contribution < 1.29 is 27.4 Å². The topological polar surface area (TPSA) is 59.6 Å². The van der Waals surface area contributed by atoms with Gasteiger partial charge in [-0.25, -0.2) is 13.2 Å². The average molecular weight is 354 g/mol. The molecule has 25 heavy (non-hydrogen) atoms. The van der Waals surface area contributed by atoms with Gasteiger partial charge in [0, 0.05) is 0 Å². The molecule has 0 saturated carbocycles. The van der Waals surface area contributed by atoms with Gasteiger partial charge in [0.2, 0.25) is 5.91 Å². The van der Waals surface area contributed by atoms with E-state index in [1.807, 2.05) is 0 Å². The van der Waals surface area contributed by atoms with E-state index in [1.54, 1.807) is 31.4 Å². The van der Waals surface area contributed by atoms with Gasteiger partial charge in [0.05, 0.1) is 25.9 Å². The zero-order valence-electron chi connectivity index (χ0n) is 13.4. The highest BCUT2D eigenvalue weighted by atomic mass is 19.2. The number of benzene rings is 2. The van der Waals surface area contributed by atoms with Crippen LogP contribution in [-0.2, 0) is 4.79 Å². The Kier molecular flexibility index (Phi) is 6.50. The van der Waals surface area contributed by atoms with Crippen LogP contribution in [0, 0.1) is 17.5 Å². The van der Waals surface area contributed by atoms with Crippen LogP contribution in [0.4, 0.5) is 18.9 Å². The van der Waals surface area contributed by atoms with E-state index in [4.69, 9.17) is 9.47 Å².